The molecule has 30 heavy (non-hydrogen) atoms. The van der Waals surface area contributed by atoms with Crippen molar-refractivity contribution in [3.05, 3.63) is 65.9 Å². The van der Waals surface area contributed by atoms with E-state index in [1.807, 2.05) is 43.6 Å². The average Bonchev–Trinajstić information content (AvgIpc) is 3.09. The first-order valence-corrected chi connectivity index (χ1v) is 9.94. The van der Waals surface area contributed by atoms with Gasteiger partial charge in [-0.2, -0.15) is 0 Å². The van der Waals surface area contributed by atoms with Crippen molar-refractivity contribution in [3.63, 3.8) is 0 Å². The summed E-state index contributed by atoms with van der Waals surface area (Å²) < 4.78 is 12.9. The molecule has 1 N–H and O–H groups in total. The Morgan fingerprint density at radius 2 is 1.87 bits per heavy atom. The first-order chi connectivity index (χ1) is 14.6. The van der Waals surface area contributed by atoms with E-state index in [9.17, 15) is 0 Å². The first-order valence-electron chi connectivity index (χ1n) is 9.94. The van der Waals surface area contributed by atoms with Crippen LogP contribution >= 0.6 is 0 Å². The van der Waals surface area contributed by atoms with Crippen molar-refractivity contribution in [2.45, 2.75) is 13.3 Å². The molecule has 2 aromatic carbocycles. The van der Waals surface area contributed by atoms with Gasteiger partial charge in [0.1, 0.15) is 17.0 Å². The molecule has 6 heteroatoms. The number of fused-ring (bicyclic) bond motifs is 1. The molecule has 0 unspecified atom stereocenters. The molecule has 0 saturated carbocycles. The minimum Gasteiger partial charge on any atom is -0.497 e. The second-order valence-electron chi connectivity index (χ2n) is 7.22. The van der Waals surface area contributed by atoms with Crippen molar-refractivity contribution in [1.82, 2.24) is 14.5 Å². The predicted octanol–water partition coefficient (Wildman–Crippen LogP) is 4.62. The van der Waals surface area contributed by atoms with Crippen LogP contribution in [0.25, 0.3) is 22.3 Å². The predicted molar refractivity (Wildman–Crippen MR) is 120 cm³/mol. The third-order valence-corrected chi connectivity index (χ3v) is 5.35. The molecule has 0 atom stereocenters. The lowest BCUT2D eigenvalue weighted by Crippen LogP contribution is -2.09. The van der Waals surface area contributed by atoms with Gasteiger partial charge < -0.3 is 19.4 Å². The second-order valence-corrected chi connectivity index (χ2v) is 7.22. The first kappa shape index (κ1) is 19.8. The second kappa shape index (κ2) is 8.45. The fraction of sp³-hybridized carbons (Fsp3) is 0.250. The molecule has 0 saturated heterocycles. The number of nitrogens with zero attached hydrogens (tertiary/aromatic N) is 3. The van der Waals surface area contributed by atoms with E-state index >= 15 is 0 Å². The van der Waals surface area contributed by atoms with Crippen molar-refractivity contribution in [2.24, 2.45) is 7.05 Å². The molecular weight excluding hydrogens is 376 g/mol. The Balaban J connectivity index is 1.54. The van der Waals surface area contributed by atoms with Gasteiger partial charge in [-0.1, -0.05) is 24.3 Å². The van der Waals surface area contributed by atoms with Crippen LogP contribution in [0, 0.1) is 6.92 Å². The molecule has 0 aliphatic rings. The Hall–Kier alpha value is -3.54. The van der Waals surface area contributed by atoms with Gasteiger partial charge in [0.05, 0.1) is 31.6 Å². The van der Waals surface area contributed by atoms with E-state index in [0.29, 0.717) is 0 Å². The van der Waals surface area contributed by atoms with Crippen LogP contribution < -0.4 is 14.8 Å². The maximum Gasteiger partial charge on any atom is 0.203 e. The number of ether oxygens (including phenoxy) is 2. The summed E-state index contributed by atoms with van der Waals surface area (Å²) in [5, 5.41) is 3.44. The van der Waals surface area contributed by atoms with Gasteiger partial charge in [0.15, 0.2) is 0 Å². The summed E-state index contributed by atoms with van der Waals surface area (Å²) in [4.78, 5) is 9.34. The summed E-state index contributed by atoms with van der Waals surface area (Å²) in [5.41, 5.74) is 6.31. The number of anilines is 1. The van der Waals surface area contributed by atoms with Gasteiger partial charge in [-0.05, 0) is 48.7 Å². The number of pyridine rings is 1. The van der Waals surface area contributed by atoms with Gasteiger partial charge >= 0.3 is 0 Å². The van der Waals surface area contributed by atoms with Gasteiger partial charge in [0.2, 0.25) is 5.95 Å². The highest BCUT2D eigenvalue weighted by molar-refractivity contribution is 5.82. The molecule has 6 nitrogen and oxygen atoms in total. The number of benzene rings is 2. The molecule has 0 radical (unpaired) electrons. The van der Waals surface area contributed by atoms with Crippen molar-refractivity contribution >= 4 is 17.0 Å². The summed E-state index contributed by atoms with van der Waals surface area (Å²) in [6.45, 7) is 2.82. The fourth-order valence-corrected chi connectivity index (χ4v) is 3.65. The van der Waals surface area contributed by atoms with E-state index < -0.39 is 0 Å². The fourth-order valence-electron chi connectivity index (χ4n) is 3.65. The van der Waals surface area contributed by atoms with Crippen LogP contribution in [0.1, 0.15) is 11.1 Å². The third kappa shape index (κ3) is 3.81. The molecule has 0 aliphatic carbocycles. The zero-order chi connectivity index (χ0) is 21.1. The summed E-state index contributed by atoms with van der Waals surface area (Å²) >= 11 is 0. The molecule has 0 aliphatic heterocycles. The minimum absolute atomic E-state index is 0.721. The minimum atomic E-state index is 0.721. The SMILES string of the molecule is COc1ccc(OC)c(CCNc2nc3cnc(-c4ccccc4C)cc3n2C)c1. The van der Waals surface area contributed by atoms with Gasteiger partial charge in [0.25, 0.3) is 0 Å². The monoisotopic (exact) mass is 402 g/mol. The number of nitrogens with one attached hydrogen (secondary N) is 1. The van der Waals surface area contributed by atoms with Crippen molar-refractivity contribution < 1.29 is 9.47 Å². The van der Waals surface area contributed by atoms with Gasteiger partial charge in [0, 0.05) is 19.2 Å². The van der Waals surface area contributed by atoms with Gasteiger partial charge in [-0.15, -0.1) is 0 Å². The van der Waals surface area contributed by atoms with E-state index in [-0.39, 0.29) is 0 Å². The Morgan fingerprint density at radius 3 is 2.63 bits per heavy atom. The van der Waals surface area contributed by atoms with Crippen molar-refractivity contribution in [1.29, 1.82) is 0 Å². The number of aromatic nitrogens is 3. The lowest BCUT2D eigenvalue weighted by molar-refractivity contribution is 0.399. The molecule has 4 rings (SSSR count). The number of rotatable bonds is 7. The maximum absolute atomic E-state index is 5.47. The quantitative estimate of drug-likeness (QED) is 0.489. The number of aryl methyl sites for hydroxylation is 2. The highest BCUT2D eigenvalue weighted by Crippen LogP contribution is 2.27. The molecule has 0 spiro atoms. The standard InChI is InChI=1S/C24H26N4O2/c1-16-7-5-6-8-19(16)20-14-22-21(15-26-20)27-24(28(22)2)25-12-11-17-13-18(29-3)9-10-23(17)30-4/h5-10,13-15H,11-12H2,1-4H3,(H,25,27). The van der Waals surface area contributed by atoms with Crippen LogP contribution in [0.5, 0.6) is 11.5 Å². The van der Waals surface area contributed by atoms with Crippen LogP contribution in [0.3, 0.4) is 0 Å². The topological polar surface area (TPSA) is 61.2 Å². The van der Waals surface area contributed by atoms with Crippen LogP contribution in [-0.2, 0) is 13.5 Å². The summed E-state index contributed by atoms with van der Waals surface area (Å²) in [7, 11) is 5.37. The molecule has 2 aromatic heterocycles. The highest BCUT2D eigenvalue weighted by Gasteiger charge is 2.12. The molecule has 154 valence electrons. The van der Waals surface area contributed by atoms with Crippen LogP contribution in [0.4, 0.5) is 5.95 Å². The average molecular weight is 402 g/mol. The van der Waals surface area contributed by atoms with Crippen molar-refractivity contribution in [2.75, 3.05) is 26.1 Å². The lowest BCUT2D eigenvalue weighted by atomic mass is 10.1. The number of methoxy groups -OCH3 is 2. The van der Waals surface area contributed by atoms with Gasteiger partial charge in [-0.3, -0.25) is 4.98 Å². The normalized spacial score (nSPS) is 10.9. The summed E-state index contributed by atoms with van der Waals surface area (Å²) in [6, 6.07) is 16.2. The van der Waals surface area contributed by atoms with Crippen LogP contribution in [0.15, 0.2) is 54.7 Å². The largest absolute Gasteiger partial charge is 0.497 e. The zero-order valence-electron chi connectivity index (χ0n) is 17.8. The highest BCUT2D eigenvalue weighted by atomic mass is 16.5. The van der Waals surface area contributed by atoms with E-state index in [4.69, 9.17) is 14.5 Å². The van der Waals surface area contributed by atoms with E-state index in [2.05, 4.69) is 40.0 Å². The Morgan fingerprint density at radius 1 is 1.03 bits per heavy atom. The number of imidazole rings is 1. The van der Waals surface area contributed by atoms with E-state index in [1.54, 1.807) is 14.2 Å². The van der Waals surface area contributed by atoms with E-state index in [0.717, 1.165) is 58.3 Å². The number of hydrogen-bond donors (Lipinski definition) is 1. The van der Waals surface area contributed by atoms with E-state index in [1.165, 1.54) is 5.56 Å². The number of hydrogen-bond acceptors (Lipinski definition) is 5. The Labute approximate surface area is 176 Å². The van der Waals surface area contributed by atoms with Crippen LogP contribution in [0.2, 0.25) is 0 Å². The lowest BCUT2D eigenvalue weighted by Gasteiger charge is -2.11. The smallest absolute Gasteiger partial charge is 0.203 e. The molecule has 0 amide bonds. The van der Waals surface area contributed by atoms with Crippen LogP contribution in [-0.4, -0.2) is 35.3 Å². The zero-order valence-corrected chi connectivity index (χ0v) is 17.8. The third-order valence-electron chi connectivity index (χ3n) is 5.35. The molecule has 4 aromatic rings. The summed E-state index contributed by atoms with van der Waals surface area (Å²) in [6.07, 6.45) is 2.63. The van der Waals surface area contributed by atoms with Crippen molar-refractivity contribution in [3.8, 4) is 22.8 Å². The van der Waals surface area contributed by atoms with Gasteiger partial charge in [-0.25, -0.2) is 4.98 Å². The summed E-state index contributed by atoms with van der Waals surface area (Å²) in [5.74, 6) is 2.49. The molecule has 0 bridgehead atoms. The molecule has 2 heterocycles. The Bertz CT molecular complexity index is 1180. The Kier molecular flexibility index (Phi) is 5.57. The maximum atomic E-state index is 5.47. The molecular formula is C24H26N4O2. The molecule has 0 fully saturated rings.